The molecule has 0 atom stereocenters. The molecule has 0 N–H and O–H groups in total. The fraction of sp³-hybridized carbons (Fsp3) is 0.250. The maximum Gasteiger partial charge on any atom is 0.101 e. The van der Waals surface area contributed by atoms with E-state index >= 15 is 0 Å². The van der Waals surface area contributed by atoms with E-state index in [9.17, 15) is 0 Å². The van der Waals surface area contributed by atoms with Crippen LogP contribution in [0, 0.1) is 11.3 Å². The molecule has 0 saturated carbocycles. The van der Waals surface area contributed by atoms with Crippen molar-refractivity contribution in [3.8, 4) is 6.07 Å². The Labute approximate surface area is 89.4 Å². The van der Waals surface area contributed by atoms with E-state index in [1.165, 1.54) is 11.8 Å². The average molecular weight is 203 g/mol. The molecule has 0 aliphatic rings. The summed E-state index contributed by atoms with van der Waals surface area (Å²) in [6.07, 6.45) is 0. The lowest BCUT2D eigenvalue weighted by atomic mass is 10.2. The van der Waals surface area contributed by atoms with Gasteiger partial charge in [-0.15, -0.1) is 11.8 Å². The van der Waals surface area contributed by atoms with Crippen molar-refractivity contribution < 1.29 is 0 Å². The van der Waals surface area contributed by atoms with Gasteiger partial charge in [0.05, 0.1) is 6.07 Å². The van der Waals surface area contributed by atoms with Crippen LogP contribution in [0.3, 0.4) is 0 Å². The monoisotopic (exact) mass is 203 g/mol. The van der Waals surface area contributed by atoms with E-state index in [1.807, 2.05) is 44.2 Å². The molecule has 0 bridgehead atoms. The molecule has 1 aromatic rings. The van der Waals surface area contributed by atoms with Gasteiger partial charge in [0.1, 0.15) is 4.75 Å². The highest BCUT2D eigenvalue weighted by molar-refractivity contribution is 8.09. The molecule has 0 saturated heterocycles. The van der Waals surface area contributed by atoms with Crippen molar-refractivity contribution in [2.75, 3.05) is 0 Å². The topological polar surface area (TPSA) is 23.8 Å². The number of thioether (sulfide) groups is 1. The van der Waals surface area contributed by atoms with Gasteiger partial charge < -0.3 is 0 Å². The second-order valence-corrected chi connectivity index (χ2v) is 5.23. The standard InChI is InChI=1S/C12H13NS/c1-10(14-12(2,3)9-13)11-7-5-4-6-8-11/h4-8H,1H2,2-3H3. The summed E-state index contributed by atoms with van der Waals surface area (Å²) >= 11 is 1.50. The Hall–Kier alpha value is -1.20. The van der Waals surface area contributed by atoms with Gasteiger partial charge in [-0.1, -0.05) is 36.9 Å². The van der Waals surface area contributed by atoms with Crippen molar-refractivity contribution in [2.45, 2.75) is 18.6 Å². The molecule has 0 spiro atoms. The van der Waals surface area contributed by atoms with Gasteiger partial charge in [-0.2, -0.15) is 5.26 Å². The molecular weight excluding hydrogens is 190 g/mol. The van der Waals surface area contributed by atoms with Gasteiger partial charge in [0.25, 0.3) is 0 Å². The highest BCUT2D eigenvalue weighted by Crippen LogP contribution is 2.35. The Morgan fingerprint density at radius 3 is 2.43 bits per heavy atom. The molecule has 1 aromatic carbocycles. The zero-order valence-corrected chi connectivity index (χ0v) is 9.27. The molecular formula is C12H13NS. The highest BCUT2D eigenvalue weighted by Gasteiger charge is 2.19. The molecule has 1 nitrogen and oxygen atoms in total. The van der Waals surface area contributed by atoms with Gasteiger partial charge in [0.15, 0.2) is 0 Å². The van der Waals surface area contributed by atoms with Gasteiger partial charge in [0.2, 0.25) is 0 Å². The lowest BCUT2D eigenvalue weighted by Gasteiger charge is -2.16. The van der Waals surface area contributed by atoms with Crippen molar-refractivity contribution in [1.82, 2.24) is 0 Å². The van der Waals surface area contributed by atoms with Crippen LogP contribution in [0.2, 0.25) is 0 Å². The first kappa shape index (κ1) is 10.9. The maximum absolute atomic E-state index is 8.88. The van der Waals surface area contributed by atoms with Crippen LogP contribution in [0.25, 0.3) is 4.91 Å². The number of hydrogen-bond donors (Lipinski definition) is 0. The summed E-state index contributed by atoms with van der Waals surface area (Å²) in [5.74, 6) is 0. The van der Waals surface area contributed by atoms with Crippen LogP contribution in [0.5, 0.6) is 0 Å². The zero-order chi connectivity index (χ0) is 10.6. The van der Waals surface area contributed by atoms with E-state index < -0.39 is 4.75 Å². The molecule has 72 valence electrons. The molecule has 0 radical (unpaired) electrons. The van der Waals surface area contributed by atoms with Crippen molar-refractivity contribution in [1.29, 1.82) is 5.26 Å². The minimum atomic E-state index is -0.410. The summed E-state index contributed by atoms with van der Waals surface area (Å²) < 4.78 is -0.410. The quantitative estimate of drug-likeness (QED) is 0.748. The molecule has 1 rings (SSSR count). The largest absolute Gasteiger partial charge is 0.197 e. The summed E-state index contributed by atoms with van der Waals surface area (Å²) in [6, 6.07) is 12.2. The normalized spacial score (nSPS) is 10.6. The van der Waals surface area contributed by atoms with Gasteiger partial charge in [-0.05, 0) is 19.4 Å². The SMILES string of the molecule is C=C(SC(C)(C)C#N)c1ccccc1. The molecule has 0 aliphatic carbocycles. The van der Waals surface area contributed by atoms with E-state index in [0.29, 0.717) is 0 Å². The maximum atomic E-state index is 8.88. The predicted octanol–water partition coefficient (Wildman–Crippen LogP) is 3.69. The average Bonchev–Trinajstić information content (AvgIpc) is 2.19. The second-order valence-electron chi connectivity index (χ2n) is 3.51. The van der Waals surface area contributed by atoms with E-state index in [0.717, 1.165) is 10.5 Å². The van der Waals surface area contributed by atoms with Gasteiger partial charge in [0, 0.05) is 4.91 Å². The van der Waals surface area contributed by atoms with E-state index in [2.05, 4.69) is 12.6 Å². The highest BCUT2D eigenvalue weighted by atomic mass is 32.2. The summed E-state index contributed by atoms with van der Waals surface area (Å²) in [5, 5.41) is 8.88. The third-order valence-electron chi connectivity index (χ3n) is 1.74. The van der Waals surface area contributed by atoms with Crippen LogP contribution in [0.1, 0.15) is 19.4 Å². The van der Waals surface area contributed by atoms with Crippen molar-refractivity contribution in [3.05, 3.63) is 42.5 Å². The predicted molar refractivity (Wildman–Crippen MR) is 62.8 cm³/mol. The lowest BCUT2D eigenvalue weighted by molar-refractivity contribution is 0.920. The van der Waals surface area contributed by atoms with Crippen LogP contribution in [-0.4, -0.2) is 4.75 Å². The summed E-state index contributed by atoms with van der Waals surface area (Å²) in [5.41, 5.74) is 1.08. The first-order valence-corrected chi connectivity index (χ1v) is 5.21. The Bertz CT molecular complexity index is 360. The zero-order valence-electron chi connectivity index (χ0n) is 8.45. The minimum Gasteiger partial charge on any atom is -0.197 e. The number of rotatable bonds is 3. The molecule has 14 heavy (non-hydrogen) atoms. The van der Waals surface area contributed by atoms with Gasteiger partial charge >= 0.3 is 0 Å². The van der Waals surface area contributed by atoms with Crippen LogP contribution in [0.4, 0.5) is 0 Å². The van der Waals surface area contributed by atoms with E-state index in [1.54, 1.807) is 0 Å². The molecule has 2 heteroatoms. The number of nitriles is 1. The number of nitrogens with zero attached hydrogens (tertiary/aromatic N) is 1. The summed E-state index contributed by atoms with van der Waals surface area (Å²) in [4.78, 5) is 0.942. The number of benzene rings is 1. The third kappa shape index (κ3) is 2.93. The van der Waals surface area contributed by atoms with Crippen LogP contribution in [0.15, 0.2) is 36.9 Å². The molecule has 0 heterocycles. The van der Waals surface area contributed by atoms with Gasteiger partial charge in [-0.25, -0.2) is 0 Å². The smallest absolute Gasteiger partial charge is 0.101 e. The van der Waals surface area contributed by atoms with Crippen LogP contribution in [-0.2, 0) is 0 Å². The molecule has 0 aliphatic heterocycles. The lowest BCUT2D eigenvalue weighted by Crippen LogP contribution is -2.10. The Morgan fingerprint density at radius 2 is 1.93 bits per heavy atom. The Kier molecular flexibility index (Phi) is 3.38. The second kappa shape index (κ2) is 4.34. The van der Waals surface area contributed by atoms with Crippen molar-refractivity contribution in [2.24, 2.45) is 0 Å². The molecule has 0 aromatic heterocycles. The van der Waals surface area contributed by atoms with Crippen LogP contribution < -0.4 is 0 Å². The summed E-state index contributed by atoms with van der Waals surface area (Å²) in [7, 11) is 0. The Morgan fingerprint density at radius 1 is 1.36 bits per heavy atom. The van der Waals surface area contributed by atoms with E-state index in [-0.39, 0.29) is 0 Å². The third-order valence-corrected chi connectivity index (χ3v) is 2.83. The van der Waals surface area contributed by atoms with Gasteiger partial charge in [-0.3, -0.25) is 0 Å². The van der Waals surface area contributed by atoms with Crippen molar-refractivity contribution >= 4 is 16.7 Å². The van der Waals surface area contributed by atoms with Crippen LogP contribution >= 0.6 is 11.8 Å². The molecule has 0 fully saturated rings. The Balaban J connectivity index is 2.75. The first-order valence-electron chi connectivity index (χ1n) is 4.40. The van der Waals surface area contributed by atoms with Crippen molar-refractivity contribution in [3.63, 3.8) is 0 Å². The fourth-order valence-corrected chi connectivity index (χ4v) is 1.93. The molecule has 0 unspecified atom stereocenters. The molecule has 0 amide bonds. The minimum absolute atomic E-state index is 0.410. The summed E-state index contributed by atoms with van der Waals surface area (Å²) in [6.45, 7) is 7.76. The number of hydrogen-bond acceptors (Lipinski definition) is 2. The van der Waals surface area contributed by atoms with E-state index in [4.69, 9.17) is 5.26 Å². The fourth-order valence-electron chi connectivity index (χ4n) is 1.01. The first-order chi connectivity index (χ1) is 6.55.